The van der Waals surface area contributed by atoms with E-state index >= 15 is 0 Å². The van der Waals surface area contributed by atoms with Crippen LogP contribution in [0.25, 0.3) is 10.4 Å². The molecule has 3 rings (SSSR count). The molecule has 2 aromatic heterocycles. The Kier molecular flexibility index (Phi) is 3.25. The van der Waals surface area contributed by atoms with Crippen molar-refractivity contribution in [3.8, 4) is 10.4 Å². The lowest BCUT2D eigenvalue weighted by Crippen LogP contribution is -2.22. The number of hydrogen-bond donors (Lipinski definition) is 1. The summed E-state index contributed by atoms with van der Waals surface area (Å²) in [6, 6.07) is 4.10. The van der Waals surface area contributed by atoms with E-state index in [9.17, 15) is 0 Å². The molecule has 4 nitrogen and oxygen atoms in total. The zero-order valence-corrected chi connectivity index (χ0v) is 10.8. The maximum Gasteiger partial charge on any atom is 0.225 e. The summed E-state index contributed by atoms with van der Waals surface area (Å²) in [4.78, 5) is 12.2. The van der Waals surface area contributed by atoms with Gasteiger partial charge in [-0.3, -0.25) is 0 Å². The molecule has 18 heavy (non-hydrogen) atoms. The highest BCUT2D eigenvalue weighted by Gasteiger charge is 2.23. The van der Waals surface area contributed by atoms with Gasteiger partial charge in [-0.1, -0.05) is 6.07 Å². The second-order valence-electron chi connectivity index (χ2n) is 4.53. The maximum atomic E-state index is 9.13. The van der Waals surface area contributed by atoms with Crippen molar-refractivity contribution in [2.24, 2.45) is 5.92 Å². The van der Waals surface area contributed by atoms with Gasteiger partial charge in [-0.15, -0.1) is 11.3 Å². The largest absolute Gasteiger partial charge is 0.396 e. The van der Waals surface area contributed by atoms with Gasteiger partial charge in [-0.25, -0.2) is 9.97 Å². The van der Waals surface area contributed by atoms with Crippen molar-refractivity contribution < 1.29 is 5.11 Å². The number of rotatable bonds is 3. The molecule has 1 atom stereocenters. The third kappa shape index (κ3) is 2.23. The molecule has 0 bridgehead atoms. The number of hydrogen-bond acceptors (Lipinski definition) is 5. The van der Waals surface area contributed by atoms with Crippen LogP contribution < -0.4 is 4.90 Å². The Hall–Kier alpha value is -1.46. The van der Waals surface area contributed by atoms with Gasteiger partial charge in [0, 0.05) is 48.4 Å². The molecule has 1 N–H and O–H groups in total. The van der Waals surface area contributed by atoms with Crippen molar-refractivity contribution in [2.75, 3.05) is 24.6 Å². The van der Waals surface area contributed by atoms with Crippen LogP contribution >= 0.6 is 11.3 Å². The van der Waals surface area contributed by atoms with Crippen molar-refractivity contribution in [3.05, 3.63) is 29.9 Å². The van der Waals surface area contributed by atoms with Gasteiger partial charge >= 0.3 is 0 Å². The van der Waals surface area contributed by atoms with Crippen LogP contribution in [-0.2, 0) is 0 Å². The Morgan fingerprint density at radius 1 is 1.39 bits per heavy atom. The third-order valence-corrected chi connectivity index (χ3v) is 4.19. The summed E-state index contributed by atoms with van der Waals surface area (Å²) in [5.74, 6) is 1.14. The molecule has 0 spiro atoms. The molecular weight excluding hydrogens is 246 g/mol. The number of anilines is 1. The first-order valence-electron chi connectivity index (χ1n) is 6.08. The third-order valence-electron chi connectivity index (χ3n) is 3.27. The lowest BCUT2D eigenvalue weighted by molar-refractivity contribution is 0.238. The number of nitrogens with zero attached hydrogens (tertiary/aromatic N) is 3. The zero-order chi connectivity index (χ0) is 12.4. The predicted molar refractivity (Wildman–Crippen MR) is 72.8 cm³/mol. The fourth-order valence-electron chi connectivity index (χ4n) is 2.22. The predicted octanol–water partition coefficient (Wildman–Crippen LogP) is 2.02. The summed E-state index contributed by atoms with van der Waals surface area (Å²) in [5.41, 5.74) is 1.06. The fraction of sp³-hybridized carbons (Fsp3) is 0.385. The minimum Gasteiger partial charge on any atom is -0.396 e. The van der Waals surface area contributed by atoms with Crippen molar-refractivity contribution in [2.45, 2.75) is 6.42 Å². The van der Waals surface area contributed by atoms with Crippen LogP contribution in [-0.4, -0.2) is 34.8 Å². The standard InChI is InChI=1S/C13H15N3OS/c17-9-10-3-4-16(8-10)13-14-6-11(7-15-13)12-2-1-5-18-12/h1-2,5-7,10,17H,3-4,8-9H2. The van der Waals surface area contributed by atoms with E-state index in [1.807, 2.05) is 18.5 Å². The summed E-state index contributed by atoms with van der Waals surface area (Å²) in [6.07, 6.45) is 4.77. The van der Waals surface area contributed by atoms with Crippen LogP contribution in [0.3, 0.4) is 0 Å². The summed E-state index contributed by atoms with van der Waals surface area (Å²) in [7, 11) is 0. The van der Waals surface area contributed by atoms with Gasteiger partial charge < -0.3 is 10.0 Å². The van der Waals surface area contributed by atoms with Crippen LogP contribution in [0.4, 0.5) is 5.95 Å². The zero-order valence-electron chi connectivity index (χ0n) is 9.99. The molecule has 1 fully saturated rings. The summed E-state index contributed by atoms with van der Waals surface area (Å²) < 4.78 is 0. The minimum atomic E-state index is 0.254. The molecule has 0 amide bonds. The Morgan fingerprint density at radius 3 is 2.83 bits per heavy atom. The van der Waals surface area contributed by atoms with E-state index in [2.05, 4.69) is 26.3 Å². The van der Waals surface area contributed by atoms with Gasteiger partial charge in [0.05, 0.1) is 0 Å². The fourth-order valence-corrected chi connectivity index (χ4v) is 2.92. The SMILES string of the molecule is OCC1CCN(c2ncc(-c3cccs3)cn2)C1. The lowest BCUT2D eigenvalue weighted by atomic mass is 10.1. The maximum absolute atomic E-state index is 9.13. The van der Waals surface area contributed by atoms with E-state index in [1.165, 1.54) is 4.88 Å². The molecule has 0 aliphatic carbocycles. The molecule has 1 aliphatic rings. The molecule has 1 aliphatic heterocycles. The molecule has 0 saturated carbocycles. The number of aliphatic hydroxyl groups excluding tert-OH is 1. The first kappa shape index (κ1) is 11.6. The average Bonchev–Trinajstić information content (AvgIpc) is 3.10. The molecule has 1 unspecified atom stereocenters. The monoisotopic (exact) mass is 261 g/mol. The van der Waals surface area contributed by atoms with Gasteiger partial charge in [-0.05, 0) is 17.9 Å². The topological polar surface area (TPSA) is 49.2 Å². The van der Waals surface area contributed by atoms with Gasteiger partial charge in [-0.2, -0.15) is 0 Å². The Bertz CT molecular complexity index is 497. The number of thiophene rings is 1. The van der Waals surface area contributed by atoms with Gasteiger partial charge in [0.15, 0.2) is 0 Å². The first-order chi connectivity index (χ1) is 8.86. The van der Waals surface area contributed by atoms with Crippen LogP contribution in [0, 0.1) is 5.92 Å². The summed E-state index contributed by atoms with van der Waals surface area (Å²) in [6.45, 7) is 2.04. The van der Waals surface area contributed by atoms with Crippen molar-refractivity contribution in [3.63, 3.8) is 0 Å². The van der Waals surface area contributed by atoms with E-state index < -0.39 is 0 Å². The highest BCUT2D eigenvalue weighted by Crippen LogP contribution is 2.25. The second kappa shape index (κ2) is 5.04. The molecule has 94 valence electrons. The van der Waals surface area contributed by atoms with Gasteiger partial charge in [0.1, 0.15) is 0 Å². The quantitative estimate of drug-likeness (QED) is 0.918. The molecule has 5 heteroatoms. The van der Waals surface area contributed by atoms with Gasteiger partial charge in [0.25, 0.3) is 0 Å². The van der Waals surface area contributed by atoms with Gasteiger partial charge in [0.2, 0.25) is 5.95 Å². The van der Waals surface area contributed by atoms with E-state index in [1.54, 1.807) is 11.3 Å². The van der Waals surface area contributed by atoms with E-state index in [-0.39, 0.29) is 6.61 Å². The van der Waals surface area contributed by atoms with E-state index in [4.69, 9.17) is 5.11 Å². The normalized spacial score (nSPS) is 19.4. The minimum absolute atomic E-state index is 0.254. The van der Waals surface area contributed by atoms with Crippen LogP contribution in [0.1, 0.15) is 6.42 Å². The molecule has 1 saturated heterocycles. The van der Waals surface area contributed by atoms with E-state index in [0.717, 1.165) is 31.0 Å². The molecule has 3 heterocycles. The number of aliphatic hydroxyl groups is 1. The first-order valence-corrected chi connectivity index (χ1v) is 6.96. The highest BCUT2D eigenvalue weighted by atomic mass is 32.1. The smallest absolute Gasteiger partial charge is 0.225 e. The van der Waals surface area contributed by atoms with Crippen LogP contribution in [0.2, 0.25) is 0 Å². The van der Waals surface area contributed by atoms with E-state index in [0.29, 0.717) is 5.92 Å². The summed E-state index contributed by atoms with van der Waals surface area (Å²) in [5, 5.41) is 11.2. The number of aromatic nitrogens is 2. The molecule has 2 aromatic rings. The lowest BCUT2D eigenvalue weighted by Gasteiger charge is -2.15. The molecule has 0 radical (unpaired) electrons. The second-order valence-corrected chi connectivity index (χ2v) is 5.48. The van der Waals surface area contributed by atoms with Crippen LogP contribution in [0.5, 0.6) is 0 Å². The Balaban J connectivity index is 1.76. The van der Waals surface area contributed by atoms with Crippen molar-refractivity contribution in [1.82, 2.24) is 9.97 Å². The van der Waals surface area contributed by atoms with Crippen molar-refractivity contribution >= 4 is 17.3 Å². The Labute approximate surface area is 110 Å². The highest BCUT2D eigenvalue weighted by molar-refractivity contribution is 7.13. The summed E-state index contributed by atoms with van der Waals surface area (Å²) >= 11 is 1.69. The molecular formula is C13H15N3OS. The average molecular weight is 261 g/mol. The molecule has 0 aromatic carbocycles. The van der Waals surface area contributed by atoms with Crippen LogP contribution in [0.15, 0.2) is 29.9 Å². The van der Waals surface area contributed by atoms with Crippen molar-refractivity contribution in [1.29, 1.82) is 0 Å². The Morgan fingerprint density at radius 2 is 2.22 bits per heavy atom.